The van der Waals surface area contributed by atoms with E-state index in [0.717, 1.165) is 11.1 Å². The molecule has 0 aromatic carbocycles. The van der Waals surface area contributed by atoms with Crippen molar-refractivity contribution < 1.29 is 42.9 Å². The van der Waals surface area contributed by atoms with Crippen molar-refractivity contribution in [2.75, 3.05) is 14.2 Å². The van der Waals surface area contributed by atoms with Crippen LogP contribution in [0.1, 0.15) is 59.8 Å². The Bertz CT molecular complexity index is 998. The summed E-state index contributed by atoms with van der Waals surface area (Å²) in [6, 6.07) is 0. The van der Waals surface area contributed by atoms with E-state index in [-0.39, 0.29) is 24.2 Å². The molecule has 0 N–H and O–H groups in total. The van der Waals surface area contributed by atoms with E-state index in [1.165, 1.54) is 28.1 Å². The third kappa shape index (κ3) is 4.29. The second-order valence-corrected chi connectivity index (χ2v) is 10.1. The van der Waals surface area contributed by atoms with Crippen LogP contribution in [0.5, 0.6) is 0 Å². The number of fused-ring (bicyclic) bond motifs is 2. The standard InChI is InChI=1S/C26H34O9/c1-13(23(30)32-6)17-12-18(34-14(2)27)21-16(22(17)35-15(3)28)8-9-19-25(21,4)11-10-20(29)26(19,5)24(31)33-7/h17-19,22H,1,8-12H2,2-7H3/t17?,18-,19-,22-,25+,26+/m0/s1. The first-order valence-corrected chi connectivity index (χ1v) is 11.8. The zero-order valence-corrected chi connectivity index (χ0v) is 21.2. The predicted molar refractivity (Wildman–Crippen MR) is 123 cm³/mol. The van der Waals surface area contributed by atoms with Crippen LogP contribution in [0, 0.1) is 22.7 Å². The van der Waals surface area contributed by atoms with Crippen molar-refractivity contribution in [2.24, 2.45) is 22.7 Å². The third-order valence-electron chi connectivity index (χ3n) is 8.18. The number of carbonyl (C=O) groups is 5. The Morgan fingerprint density at radius 2 is 1.60 bits per heavy atom. The highest BCUT2D eigenvalue weighted by atomic mass is 16.6. The van der Waals surface area contributed by atoms with Gasteiger partial charge in [-0.2, -0.15) is 0 Å². The van der Waals surface area contributed by atoms with Gasteiger partial charge in [0.15, 0.2) is 0 Å². The SMILES string of the molecule is C=C(C(=O)OC)C1C[C@H](OC(C)=O)C2=C(CC[C@@H]3[C@@](C)(C(=O)OC)C(=O)CC[C@@]23C)[C@@H]1OC(C)=O. The molecule has 1 saturated carbocycles. The molecule has 1 unspecified atom stereocenters. The van der Waals surface area contributed by atoms with Gasteiger partial charge in [0.05, 0.1) is 14.2 Å². The lowest BCUT2D eigenvalue weighted by molar-refractivity contribution is -0.171. The summed E-state index contributed by atoms with van der Waals surface area (Å²) in [5.74, 6) is -3.51. The number of rotatable bonds is 5. The van der Waals surface area contributed by atoms with E-state index in [1.807, 2.05) is 6.92 Å². The maximum Gasteiger partial charge on any atom is 0.333 e. The molecule has 192 valence electrons. The van der Waals surface area contributed by atoms with Crippen LogP contribution in [-0.4, -0.2) is 56.1 Å². The zero-order chi connectivity index (χ0) is 26.3. The highest BCUT2D eigenvalue weighted by molar-refractivity contribution is 6.04. The zero-order valence-electron chi connectivity index (χ0n) is 21.2. The van der Waals surface area contributed by atoms with Gasteiger partial charge in [0.2, 0.25) is 0 Å². The van der Waals surface area contributed by atoms with Gasteiger partial charge in [-0.25, -0.2) is 4.79 Å². The molecule has 0 aliphatic heterocycles. The second kappa shape index (κ2) is 9.59. The van der Waals surface area contributed by atoms with Crippen LogP contribution in [0.25, 0.3) is 0 Å². The molecule has 6 atom stereocenters. The molecule has 0 aromatic rings. The third-order valence-corrected chi connectivity index (χ3v) is 8.18. The second-order valence-electron chi connectivity index (χ2n) is 10.1. The monoisotopic (exact) mass is 490 g/mol. The first kappa shape index (κ1) is 26.6. The molecule has 3 rings (SSSR count). The van der Waals surface area contributed by atoms with Crippen molar-refractivity contribution in [3.63, 3.8) is 0 Å². The molecular weight excluding hydrogens is 456 g/mol. The minimum atomic E-state index is -1.36. The van der Waals surface area contributed by atoms with E-state index in [0.29, 0.717) is 19.3 Å². The minimum absolute atomic E-state index is 0.118. The van der Waals surface area contributed by atoms with Crippen LogP contribution >= 0.6 is 0 Å². The van der Waals surface area contributed by atoms with E-state index < -0.39 is 58.8 Å². The van der Waals surface area contributed by atoms with Crippen molar-refractivity contribution in [3.8, 4) is 0 Å². The number of methoxy groups -OCH3 is 2. The van der Waals surface area contributed by atoms with Crippen molar-refractivity contribution in [1.82, 2.24) is 0 Å². The molecule has 3 aliphatic rings. The van der Waals surface area contributed by atoms with Crippen LogP contribution in [0.3, 0.4) is 0 Å². The number of hydrogen-bond acceptors (Lipinski definition) is 9. The first-order valence-electron chi connectivity index (χ1n) is 11.8. The van der Waals surface area contributed by atoms with E-state index in [9.17, 15) is 24.0 Å². The van der Waals surface area contributed by atoms with E-state index >= 15 is 0 Å². The fourth-order valence-corrected chi connectivity index (χ4v) is 6.67. The van der Waals surface area contributed by atoms with Crippen LogP contribution in [0.4, 0.5) is 0 Å². The molecule has 1 fully saturated rings. The average molecular weight is 491 g/mol. The first-order chi connectivity index (χ1) is 16.3. The van der Waals surface area contributed by atoms with Crippen LogP contribution in [-0.2, 0) is 42.9 Å². The van der Waals surface area contributed by atoms with E-state index in [2.05, 4.69) is 6.58 Å². The van der Waals surface area contributed by atoms with E-state index in [4.69, 9.17) is 18.9 Å². The van der Waals surface area contributed by atoms with Crippen molar-refractivity contribution >= 4 is 29.7 Å². The molecule has 0 spiro atoms. The number of ketones is 1. The summed E-state index contributed by atoms with van der Waals surface area (Å²) in [5, 5.41) is 0. The van der Waals surface area contributed by atoms with Crippen molar-refractivity contribution in [2.45, 2.75) is 72.0 Å². The molecule has 9 heteroatoms. The Kier molecular flexibility index (Phi) is 7.29. The normalized spacial score (nSPS) is 34.2. The van der Waals surface area contributed by atoms with Gasteiger partial charge in [0.1, 0.15) is 23.4 Å². The van der Waals surface area contributed by atoms with Crippen molar-refractivity contribution in [1.29, 1.82) is 0 Å². The molecular formula is C26H34O9. The van der Waals surface area contributed by atoms with Gasteiger partial charge in [0, 0.05) is 31.8 Å². The summed E-state index contributed by atoms with van der Waals surface area (Å²) >= 11 is 0. The number of hydrogen-bond donors (Lipinski definition) is 0. The fraction of sp³-hybridized carbons (Fsp3) is 0.654. The van der Waals surface area contributed by atoms with Crippen LogP contribution in [0.2, 0.25) is 0 Å². The maximum absolute atomic E-state index is 13.1. The molecule has 0 radical (unpaired) electrons. The maximum atomic E-state index is 13.1. The number of ether oxygens (including phenoxy) is 4. The fourth-order valence-electron chi connectivity index (χ4n) is 6.67. The van der Waals surface area contributed by atoms with E-state index in [1.54, 1.807) is 6.92 Å². The molecule has 0 saturated heterocycles. The highest BCUT2D eigenvalue weighted by Crippen LogP contribution is 2.62. The molecule has 35 heavy (non-hydrogen) atoms. The Morgan fingerprint density at radius 1 is 0.971 bits per heavy atom. The van der Waals surface area contributed by atoms with Gasteiger partial charge in [-0.15, -0.1) is 0 Å². The van der Waals surface area contributed by atoms with Gasteiger partial charge in [0.25, 0.3) is 0 Å². The van der Waals surface area contributed by atoms with Gasteiger partial charge in [-0.3, -0.25) is 19.2 Å². The van der Waals surface area contributed by atoms with Gasteiger partial charge >= 0.3 is 23.9 Å². The number of esters is 4. The molecule has 0 amide bonds. The molecule has 0 bridgehead atoms. The number of carbonyl (C=O) groups excluding carboxylic acids is 5. The quantitative estimate of drug-likeness (QED) is 0.188. The molecule has 0 aromatic heterocycles. The Labute approximate surface area is 205 Å². The summed E-state index contributed by atoms with van der Waals surface area (Å²) < 4.78 is 21.4. The molecule has 3 aliphatic carbocycles. The average Bonchev–Trinajstić information content (AvgIpc) is 2.80. The minimum Gasteiger partial charge on any atom is -0.468 e. The Morgan fingerprint density at radius 3 is 2.14 bits per heavy atom. The predicted octanol–water partition coefficient (Wildman–Crippen LogP) is 2.85. The summed E-state index contributed by atoms with van der Waals surface area (Å²) in [7, 11) is 2.51. The highest BCUT2D eigenvalue weighted by Gasteiger charge is 2.63. The van der Waals surface area contributed by atoms with Crippen molar-refractivity contribution in [3.05, 3.63) is 23.3 Å². The Hall–Kier alpha value is -2.97. The molecule has 0 heterocycles. The molecule has 9 nitrogen and oxygen atoms in total. The summed E-state index contributed by atoms with van der Waals surface area (Å²) in [6.07, 6.45) is 0.0259. The smallest absolute Gasteiger partial charge is 0.333 e. The van der Waals surface area contributed by atoms with Gasteiger partial charge < -0.3 is 18.9 Å². The lowest BCUT2D eigenvalue weighted by Gasteiger charge is -2.57. The lowest BCUT2D eigenvalue weighted by atomic mass is 9.47. The van der Waals surface area contributed by atoms with Gasteiger partial charge in [-0.1, -0.05) is 13.5 Å². The largest absolute Gasteiger partial charge is 0.468 e. The van der Waals surface area contributed by atoms with Crippen LogP contribution < -0.4 is 0 Å². The summed E-state index contributed by atoms with van der Waals surface area (Å²) in [6.45, 7) is 10.1. The lowest BCUT2D eigenvalue weighted by Crippen LogP contribution is -2.58. The topological polar surface area (TPSA) is 122 Å². The summed E-state index contributed by atoms with van der Waals surface area (Å²) in [4.78, 5) is 62.6. The van der Waals surface area contributed by atoms with Crippen LogP contribution in [0.15, 0.2) is 23.3 Å². The summed E-state index contributed by atoms with van der Waals surface area (Å²) in [5.41, 5.74) is -0.446. The van der Waals surface area contributed by atoms with Gasteiger partial charge in [-0.05, 0) is 55.1 Å². The number of Topliss-reactive ketones (excluding diaryl/α,β-unsaturated/α-hetero) is 1. The Balaban J connectivity index is 2.23.